The van der Waals surface area contributed by atoms with Crippen LogP contribution in [0.1, 0.15) is 50.9 Å². The summed E-state index contributed by atoms with van der Waals surface area (Å²) in [6.07, 6.45) is 1.13. The Balaban J connectivity index is 2.24. The lowest BCUT2D eigenvalue weighted by molar-refractivity contribution is -0.146. The number of fused-ring (bicyclic) bond motifs is 1. The van der Waals surface area contributed by atoms with Crippen molar-refractivity contribution in [2.75, 3.05) is 18.1 Å². The van der Waals surface area contributed by atoms with E-state index in [0.29, 0.717) is 35.9 Å². The highest BCUT2D eigenvalue weighted by molar-refractivity contribution is 6.04. The van der Waals surface area contributed by atoms with Gasteiger partial charge in [0.05, 0.1) is 12.3 Å². The highest BCUT2D eigenvalue weighted by Crippen LogP contribution is 2.34. The first-order valence-electron chi connectivity index (χ1n) is 8.63. The number of esters is 1. The molecule has 1 aliphatic heterocycles. The Morgan fingerprint density at radius 3 is 2.64 bits per heavy atom. The van der Waals surface area contributed by atoms with Crippen LogP contribution in [0, 0.1) is 5.92 Å². The minimum atomic E-state index is -0.783. The predicted octanol–water partition coefficient (Wildman–Crippen LogP) is 2.98. The Bertz CT molecular complexity index is 668. The van der Waals surface area contributed by atoms with Crippen molar-refractivity contribution in [2.45, 2.75) is 46.6 Å². The molecule has 0 radical (unpaired) electrons. The second-order valence-electron chi connectivity index (χ2n) is 6.54. The van der Waals surface area contributed by atoms with Gasteiger partial charge in [0.2, 0.25) is 0 Å². The van der Waals surface area contributed by atoms with Gasteiger partial charge in [0.1, 0.15) is 11.8 Å². The summed E-state index contributed by atoms with van der Waals surface area (Å²) in [5.74, 6) is 0.0782. The lowest BCUT2D eigenvalue weighted by atomic mass is 10.1. The SMILES string of the molecule is CCC(=O)c1ccc2c(c1)N(C(C)C(=O)OCCC(C)C)C(=O)CO2. The third-order valence-electron chi connectivity index (χ3n) is 4.15. The zero-order valence-corrected chi connectivity index (χ0v) is 15.2. The number of ketones is 1. The smallest absolute Gasteiger partial charge is 0.328 e. The summed E-state index contributed by atoms with van der Waals surface area (Å²) in [7, 11) is 0. The van der Waals surface area contributed by atoms with Crippen molar-refractivity contribution in [3.8, 4) is 5.75 Å². The van der Waals surface area contributed by atoms with Crippen LogP contribution in [0.4, 0.5) is 5.69 Å². The van der Waals surface area contributed by atoms with Gasteiger partial charge in [0, 0.05) is 12.0 Å². The number of carbonyl (C=O) groups excluding carboxylic acids is 3. The van der Waals surface area contributed by atoms with E-state index in [1.807, 2.05) is 13.8 Å². The van der Waals surface area contributed by atoms with Crippen LogP contribution in [-0.4, -0.2) is 36.9 Å². The molecule has 0 saturated heterocycles. The Morgan fingerprint density at radius 1 is 1.28 bits per heavy atom. The standard InChI is InChI=1S/C19H25NO5/c1-5-16(21)14-6-7-17-15(10-14)20(18(22)11-25-17)13(4)19(23)24-9-8-12(2)3/h6-7,10,12-13H,5,8-9,11H2,1-4H3. The van der Waals surface area contributed by atoms with E-state index in [2.05, 4.69) is 0 Å². The Hall–Kier alpha value is -2.37. The lowest BCUT2D eigenvalue weighted by Gasteiger charge is -2.33. The fraction of sp³-hybridized carbons (Fsp3) is 0.526. The van der Waals surface area contributed by atoms with Crippen LogP contribution in [0.2, 0.25) is 0 Å². The monoisotopic (exact) mass is 347 g/mol. The van der Waals surface area contributed by atoms with Crippen molar-refractivity contribution in [1.29, 1.82) is 0 Å². The molecule has 1 aromatic carbocycles. The van der Waals surface area contributed by atoms with E-state index in [4.69, 9.17) is 9.47 Å². The van der Waals surface area contributed by atoms with Gasteiger partial charge < -0.3 is 9.47 Å². The van der Waals surface area contributed by atoms with Gasteiger partial charge in [-0.2, -0.15) is 0 Å². The number of hydrogen-bond acceptors (Lipinski definition) is 5. The van der Waals surface area contributed by atoms with Gasteiger partial charge in [-0.05, 0) is 37.5 Å². The molecule has 0 saturated carbocycles. The number of benzene rings is 1. The molecule has 0 fully saturated rings. The summed E-state index contributed by atoms with van der Waals surface area (Å²) in [5, 5.41) is 0. The molecular formula is C19H25NO5. The first-order chi connectivity index (χ1) is 11.8. The maximum absolute atomic E-state index is 12.3. The summed E-state index contributed by atoms with van der Waals surface area (Å²) in [6.45, 7) is 7.67. The Kier molecular flexibility index (Phi) is 6.17. The second-order valence-corrected chi connectivity index (χ2v) is 6.54. The molecule has 1 aromatic rings. The van der Waals surface area contributed by atoms with Crippen LogP contribution in [0.5, 0.6) is 5.75 Å². The number of hydrogen-bond donors (Lipinski definition) is 0. The minimum absolute atomic E-state index is 0.0343. The second kappa shape index (κ2) is 8.14. The maximum atomic E-state index is 12.3. The van der Waals surface area contributed by atoms with Gasteiger partial charge in [0.25, 0.3) is 5.91 Å². The highest BCUT2D eigenvalue weighted by atomic mass is 16.5. The van der Waals surface area contributed by atoms with E-state index in [1.54, 1.807) is 32.0 Å². The van der Waals surface area contributed by atoms with E-state index in [1.165, 1.54) is 4.90 Å². The molecule has 0 N–H and O–H groups in total. The first kappa shape index (κ1) is 19.0. The number of rotatable bonds is 7. The van der Waals surface area contributed by atoms with Crippen LogP contribution >= 0.6 is 0 Å². The molecular weight excluding hydrogens is 322 g/mol. The molecule has 1 aliphatic rings. The number of amides is 1. The summed E-state index contributed by atoms with van der Waals surface area (Å²) in [4.78, 5) is 38.0. The van der Waals surface area contributed by atoms with Crippen molar-refractivity contribution in [3.63, 3.8) is 0 Å². The molecule has 6 nitrogen and oxygen atoms in total. The fourth-order valence-electron chi connectivity index (χ4n) is 2.59. The molecule has 2 rings (SSSR count). The van der Waals surface area contributed by atoms with Gasteiger partial charge >= 0.3 is 5.97 Å². The fourth-order valence-corrected chi connectivity index (χ4v) is 2.59. The van der Waals surface area contributed by atoms with Crippen LogP contribution in [0.3, 0.4) is 0 Å². The molecule has 0 aliphatic carbocycles. The zero-order valence-electron chi connectivity index (χ0n) is 15.2. The molecule has 1 heterocycles. The molecule has 1 unspecified atom stereocenters. The van der Waals surface area contributed by atoms with Gasteiger partial charge in [0.15, 0.2) is 12.4 Å². The quantitative estimate of drug-likeness (QED) is 0.560. The van der Waals surface area contributed by atoms with Crippen molar-refractivity contribution < 1.29 is 23.9 Å². The summed E-state index contributed by atoms with van der Waals surface area (Å²) < 4.78 is 10.7. The van der Waals surface area contributed by atoms with Gasteiger partial charge in [-0.25, -0.2) is 4.79 Å². The average Bonchev–Trinajstić information content (AvgIpc) is 2.59. The summed E-state index contributed by atoms with van der Waals surface area (Å²) in [5.41, 5.74) is 0.925. The average molecular weight is 347 g/mol. The van der Waals surface area contributed by atoms with Gasteiger partial charge in [-0.3, -0.25) is 14.5 Å². The van der Waals surface area contributed by atoms with Crippen molar-refractivity contribution in [2.24, 2.45) is 5.92 Å². The van der Waals surface area contributed by atoms with Crippen molar-refractivity contribution >= 4 is 23.3 Å². The molecule has 0 spiro atoms. The molecule has 0 bridgehead atoms. The zero-order chi connectivity index (χ0) is 18.6. The molecule has 136 valence electrons. The Morgan fingerprint density at radius 2 is 2.00 bits per heavy atom. The Labute approximate surface area is 148 Å². The summed E-state index contributed by atoms with van der Waals surface area (Å²) >= 11 is 0. The van der Waals surface area contributed by atoms with Gasteiger partial charge in [-0.15, -0.1) is 0 Å². The van der Waals surface area contributed by atoms with E-state index >= 15 is 0 Å². The summed E-state index contributed by atoms with van der Waals surface area (Å²) in [6, 6.07) is 4.16. The molecule has 1 atom stereocenters. The van der Waals surface area contributed by atoms with E-state index < -0.39 is 12.0 Å². The number of nitrogens with zero attached hydrogens (tertiary/aromatic N) is 1. The molecule has 25 heavy (non-hydrogen) atoms. The van der Waals surface area contributed by atoms with E-state index in [9.17, 15) is 14.4 Å². The van der Waals surface area contributed by atoms with Crippen LogP contribution in [-0.2, 0) is 14.3 Å². The molecule has 6 heteroatoms. The third-order valence-corrected chi connectivity index (χ3v) is 4.15. The van der Waals surface area contributed by atoms with E-state index in [-0.39, 0.29) is 18.3 Å². The number of Topliss-reactive ketones (excluding diaryl/α,β-unsaturated/α-hetero) is 1. The maximum Gasteiger partial charge on any atom is 0.328 e. The minimum Gasteiger partial charge on any atom is -0.482 e. The lowest BCUT2D eigenvalue weighted by Crippen LogP contribution is -2.48. The molecule has 1 amide bonds. The topological polar surface area (TPSA) is 72.9 Å². The highest BCUT2D eigenvalue weighted by Gasteiger charge is 2.34. The molecule has 0 aromatic heterocycles. The van der Waals surface area contributed by atoms with Crippen molar-refractivity contribution in [3.05, 3.63) is 23.8 Å². The van der Waals surface area contributed by atoms with Crippen LogP contribution in [0.25, 0.3) is 0 Å². The number of carbonyl (C=O) groups is 3. The van der Waals surface area contributed by atoms with Crippen molar-refractivity contribution in [1.82, 2.24) is 0 Å². The third kappa shape index (κ3) is 4.38. The van der Waals surface area contributed by atoms with E-state index in [0.717, 1.165) is 6.42 Å². The van der Waals surface area contributed by atoms with Crippen LogP contribution < -0.4 is 9.64 Å². The first-order valence-corrected chi connectivity index (χ1v) is 8.63. The predicted molar refractivity (Wildman–Crippen MR) is 93.9 cm³/mol. The van der Waals surface area contributed by atoms with Crippen LogP contribution in [0.15, 0.2) is 18.2 Å². The van der Waals surface area contributed by atoms with Gasteiger partial charge in [-0.1, -0.05) is 20.8 Å². The number of anilines is 1. The normalized spacial score (nSPS) is 14.8. The number of ether oxygens (including phenoxy) is 2. The largest absolute Gasteiger partial charge is 0.482 e.